The van der Waals surface area contributed by atoms with Crippen LogP contribution in [0.25, 0.3) is 0 Å². The van der Waals surface area contributed by atoms with Gasteiger partial charge in [-0.05, 0) is 12.1 Å². The molecule has 1 aliphatic heterocycles. The Morgan fingerprint density at radius 1 is 1.25 bits per heavy atom. The van der Waals surface area contributed by atoms with Crippen LogP contribution in [-0.4, -0.2) is 76.0 Å². The highest BCUT2D eigenvalue weighted by molar-refractivity contribution is 7.89. The molecule has 1 aromatic rings. The molecule has 2 rings (SSSR count). The summed E-state index contributed by atoms with van der Waals surface area (Å²) in [6.45, 7) is 6.19. The van der Waals surface area contributed by atoms with E-state index < -0.39 is 10.0 Å². The van der Waals surface area contributed by atoms with Gasteiger partial charge in [-0.1, -0.05) is 25.1 Å². The first-order valence-corrected chi connectivity index (χ1v) is 9.60. The minimum absolute atomic E-state index is 0.170. The van der Waals surface area contributed by atoms with Gasteiger partial charge in [0, 0.05) is 32.7 Å². The monoisotopic (exact) mass is 355 g/mol. The van der Waals surface area contributed by atoms with E-state index in [-0.39, 0.29) is 23.9 Å². The third-order valence-corrected chi connectivity index (χ3v) is 5.84. The van der Waals surface area contributed by atoms with Gasteiger partial charge < -0.3 is 10.1 Å². The second kappa shape index (κ2) is 9.12. The smallest absolute Gasteiger partial charge is 0.243 e. The molecule has 0 radical (unpaired) electrons. The summed E-state index contributed by atoms with van der Waals surface area (Å²) in [4.78, 5) is 14.5. The third-order valence-electron chi connectivity index (χ3n) is 3.91. The Balaban J connectivity index is 1.84. The van der Waals surface area contributed by atoms with E-state index in [1.54, 1.807) is 25.1 Å². The average Bonchev–Trinajstić information content (AvgIpc) is 2.61. The SMILES string of the molecule is CCN(CC(=O)NCCN1CCOCC1)S(=O)(=O)c1ccccc1. The van der Waals surface area contributed by atoms with Gasteiger partial charge >= 0.3 is 0 Å². The van der Waals surface area contributed by atoms with Gasteiger partial charge in [-0.2, -0.15) is 4.31 Å². The highest BCUT2D eigenvalue weighted by atomic mass is 32.2. The number of morpholine rings is 1. The fourth-order valence-electron chi connectivity index (χ4n) is 2.50. The molecule has 1 fully saturated rings. The fourth-order valence-corrected chi connectivity index (χ4v) is 3.93. The molecule has 1 amide bonds. The lowest BCUT2D eigenvalue weighted by Crippen LogP contribution is -2.44. The van der Waals surface area contributed by atoms with Crippen molar-refractivity contribution in [3.05, 3.63) is 30.3 Å². The summed E-state index contributed by atoms with van der Waals surface area (Å²) in [5, 5.41) is 2.79. The molecule has 1 aromatic carbocycles. The quantitative estimate of drug-likeness (QED) is 0.718. The van der Waals surface area contributed by atoms with Crippen LogP contribution < -0.4 is 5.32 Å². The number of benzene rings is 1. The Bertz CT molecular complexity index is 615. The lowest BCUT2D eigenvalue weighted by atomic mass is 10.4. The van der Waals surface area contributed by atoms with Crippen molar-refractivity contribution in [2.75, 3.05) is 52.5 Å². The van der Waals surface area contributed by atoms with Gasteiger partial charge in [-0.25, -0.2) is 8.42 Å². The molecule has 1 heterocycles. The molecule has 0 aliphatic carbocycles. The Hall–Kier alpha value is -1.48. The molecule has 0 atom stereocenters. The van der Waals surface area contributed by atoms with Crippen LogP contribution in [0.3, 0.4) is 0 Å². The van der Waals surface area contributed by atoms with Gasteiger partial charge in [0.15, 0.2) is 0 Å². The highest BCUT2D eigenvalue weighted by Gasteiger charge is 2.24. The number of ether oxygens (including phenoxy) is 1. The van der Waals surface area contributed by atoms with Crippen molar-refractivity contribution in [3.63, 3.8) is 0 Å². The number of amides is 1. The summed E-state index contributed by atoms with van der Waals surface area (Å²) < 4.78 is 31.5. The maximum Gasteiger partial charge on any atom is 0.243 e. The summed E-state index contributed by atoms with van der Waals surface area (Å²) in [7, 11) is -3.65. The zero-order valence-corrected chi connectivity index (χ0v) is 14.8. The first kappa shape index (κ1) is 18.9. The number of sulfonamides is 1. The predicted octanol–water partition coefficient (Wildman–Crippen LogP) is 0.146. The van der Waals surface area contributed by atoms with Crippen molar-refractivity contribution in [3.8, 4) is 0 Å². The van der Waals surface area contributed by atoms with Crippen LogP contribution >= 0.6 is 0 Å². The Labute approximate surface area is 143 Å². The van der Waals surface area contributed by atoms with Crippen LogP contribution in [0, 0.1) is 0 Å². The van der Waals surface area contributed by atoms with Crippen molar-refractivity contribution in [1.29, 1.82) is 0 Å². The van der Waals surface area contributed by atoms with Crippen LogP contribution in [0.4, 0.5) is 0 Å². The Kier molecular flexibility index (Phi) is 7.16. The number of hydrogen-bond acceptors (Lipinski definition) is 5. The first-order chi connectivity index (χ1) is 11.5. The summed E-state index contributed by atoms with van der Waals surface area (Å²) >= 11 is 0. The van der Waals surface area contributed by atoms with Crippen molar-refractivity contribution < 1.29 is 17.9 Å². The van der Waals surface area contributed by atoms with E-state index in [4.69, 9.17) is 4.74 Å². The molecule has 0 unspecified atom stereocenters. The van der Waals surface area contributed by atoms with E-state index in [1.165, 1.54) is 16.4 Å². The molecule has 0 spiro atoms. The van der Waals surface area contributed by atoms with Gasteiger partial charge in [-0.3, -0.25) is 9.69 Å². The molecule has 1 N–H and O–H groups in total. The Morgan fingerprint density at radius 3 is 2.54 bits per heavy atom. The minimum atomic E-state index is -3.65. The van der Waals surface area contributed by atoms with Crippen molar-refractivity contribution in [2.24, 2.45) is 0 Å². The standard InChI is InChI=1S/C16H25N3O4S/c1-2-19(24(21,22)15-6-4-3-5-7-15)14-16(20)17-8-9-18-10-12-23-13-11-18/h3-7H,2,8-14H2,1H3,(H,17,20). The molecule has 0 saturated carbocycles. The number of nitrogens with one attached hydrogen (secondary N) is 1. The van der Waals surface area contributed by atoms with E-state index in [2.05, 4.69) is 10.2 Å². The van der Waals surface area contributed by atoms with Crippen molar-refractivity contribution >= 4 is 15.9 Å². The van der Waals surface area contributed by atoms with E-state index in [0.717, 1.165) is 19.6 Å². The molecule has 0 aromatic heterocycles. The molecule has 134 valence electrons. The second-order valence-electron chi connectivity index (χ2n) is 5.55. The lowest BCUT2D eigenvalue weighted by Gasteiger charge is -2.26. The normalized spacial score (nSPS) is 16.2. The summed E-state index contributed by atoms with van der Waals surface area (Å²) in [6.07, 6.45) is 0. The zero-order valence-electron chi connectivity index (χ0n) is 14.0. The van der Waals surface area contributed by atoms with Crippen LogP contribution in [0.1, 0.15) is 6.92 Å². The van der Waals surface area contributed by atoms with E-state index >= 15 is 0 Å². The molecule has 1 saturated heterocycles. The van der Waals surface area contributed by atoms with E-state index in [9.17, 15) is 13.2 Å². The number of carbonyl (C=O) groups is 1. The predicted molar refractivity (Wildman–Crippen MR) is 91.1 cm³/mol. The van der Waals surface area contributed by atoms with E-state index in [0.29, 0.717) is 19.8 Å². The first-order valence-electron chi connectivity index (χ1n) is 8.16. The molecule has 1 aliphatic rings. The topological polar surface area (TPSA) is 79.0 Å². The molecule has 24 heavy (non-hydrogen) atoms. The van der Waals surface area contributed by atoms with Crippen LogP contribution in [-0.2, 0) is 19.6 Å². The minimum Gasteiger partial charge on any atom is -0.379 e. The largest absolute Gasteiger partial charge is 0.379 e. The van der Waals surface area contributed by atoms with E-state index in [1.807, 2.05) is 0 Å². The lowest BCUT2D eigenvalue weighted by molar-refractivity contribution is -0.121. The summed E-state index contributed by atoms with van der Waals surface area (Å²) in [6, 6.07) is 8.17. The number of nitrogens with zero attached hydrogens (tertiary/aromatic N) is 2. The highest BCUT2D eigenvalue weighted by Crippen LogP contribution is 2.14. The molecular formula is C16H25N3O4S. The zero-order chi connectivity index (χ0) is 17.4. The maximum absolute atomic E-state index is 12.5. The maximum atomic E-state index is 12.5. The molecule has 7 nitrogen and oxygen atoms in total. The van der Waals surface area contributed by atoms with Gasteiger partial charge in [0.25, 0.3) is 0 Å². The van der Waals surface area contributed by atoms with Crippen molar-refractivity contribution in [1.82, 2.24) is 14.5 Å². The molecule has 8 heteroatoms. The molecule has 0 bridgehead atoms. The van der Waals surface area contributed by atoms with Gasteiger partial charge in [0.05, 0.1) is 24.7 Å². The number of likely N-dealkylation sites (N-methyl/N-ethyl adjacent to an activating group) is 1. The summed E-state index contributed by atoms with van der Waals surface area (Å²) in [5.74, 6) is -0.287. The Morgan fingerprint density at radius 2 is 1.92 bits per heavy atom. The number of rotatable bonds is 8. The van der Waals surface area contributed by atoms with Gasteiger partial charge in [0.1, 0.15) is 0 Å². The summed E-state index contributed by atoms with van der Waals surface area (Å²) in [5.41, 5.74) is 0. The van der Waals surface area contributed by atoms with Crippen molar-refractivity contribution in [2.45, 2.75) is 11.8 Å². The second-order valence-corrected chi connectivity index (χ2v) is 7.49. The van der Waals surface area contributed by atoms with Gasteiger partial charge in [-0.15, -0.1) is 0 Å². The molecular weight excluding hydrogens is 330 g/mol. The third kappa shape index (κ3) is 5.27. The fraction of sp³-hybridized carbons (Fsp3) is 0.562. The van der Waals surface area contributed by atoms with Crippen LogP contribution in [0.2, 0.25) is 0 Å². The number of hydrogen-bond donors (Lipinski definition) is 1. The average molecular weight is 355 g/mol. The number of carbonyl (C=O) groups excluding carboxylic acids is 1. The van der Waals surface area contributed by atoms with Crippen LogP contribution in [0.5, 0.6) is 0 Å². The van der Waals surface area contributed by atoms with Crippen LogP contribution in [0.15, 0.2) is 35.2 Å². The van der Waals surface area contributed by atoms with Gasteiger partial charge in [0.2, 0.25) is 15.9 Å².